The maximum absolute atomic E-state index is 4.63. The van der Waals surface area contributed by atoms with E-state index in [0.717, 1.165) is 17.7 Å². The third-order valence-corrected chi connectivity index (χ3v) is 8.80. The minimum absolute atomic E-state index is 0.235. The number of nitrogens with zero attached hydrogens (tertiary/aromatic N) is 1. The van der Waals surface area contributed by atoms with Crippen LogP contribution in [0.25, 0.3) is 44.3 Å². The van der Waals surface area contributed by atoms with Gasteiger partial charge in [0.2, 0.25) is 0 Å². The van der Waals surface area contributed by atoms with Crippen LogP contribution in [-0.4, -0.2) is 4.98 Å². The summed E-state index contributed by atoms with van der Waals surface area (Å²) in [4.78, 5) is 4.63. The summed E-state index contributed by atoms with van der Waals surface area (Å²) in [5.41, 5.74) is 11.0. The van der Waals surface area contributed by atoms with Crippen LogP contribution in [0.3, 0.4) is 0 Å². The third-order valence-electron chi connectivity index (χ3n) is 8.80. The van der Waals surface area contributed by atoms with Crippen molar-refractivity contribution in [3.63, 3.8) is 0 Å². The van der Waals surface area contributed by atoms with Crippen molar-refractivity contribution in [2.45, 2.75) is 20.3 Å². The van der Waals surface area contributed by atoms with Gasteiger partial charge in [0.25, 0.3) is 0 Å². The van der Waals surface area contributed by atoms with Gasteiger partial charge < -0.3 is 0 Å². The zero-order chi connectivity index (χ0) is 29.9. The lowest BCUT2D eigenvalue weighted by Gasteiger charge is -2.19. The van der Waals surface area contributed by atoms with Crippen molar-refractivity contribution < 1.29 is 0 Å². The normalized spacial score (nSPS) is 18.8. The predicted octanol–water partition coefficient (Wildman–Crippen LogP) is 9.43. The number of aromatic nitrogens is 1. The maximum Gasteiger partial charge on any atom is 0.0708 e. The van der Waals surface area contributed by atoms with Crippen LogP contribution in [0, 0.1) is 12.8 Å². The molecule has 1 unspecified atom stereocenters. The largest absolute Gasteiger partial charge is 0.256 e. The first kappa shape index (κ1) is 27.6. The van der Waals surface area contributed by atoms with E-state index in [0.29, 0.717) is 0 Å². The molecule has 1 aliphatic rings. The van der Waals surface area contributed by atoms with E-state index in [1.807, 2.05) is 12.3 Å². The molecule has 1 heteroatoms. The number of rotatable bonds is 4. The summed E-state index contributed by atoms with van der Waals surface area (Å²) in [7, 11) is 0. The van der Waals surface area contributed by atoms with Crippen molar-refractivity contribution in [3.05, 3.63) is 185 Å². The molecule has 0 aliphatic heterocycles. The molecular formula is C43H35N. The van der Waals surface area contributed by atoms with Crippen LogP contribution in [0.2, 0.25) is 0 Å². The van der Waals surface area contributed by atoms with Gasteiger partial charge in [-0.2, -0.15) is 0 Å². The molecule has 1 aliphatic carbocycles. The molecule has 0 N–H and O–H groups in total. The van der Waals surface area contributed by atoms with E-state index in [-0.39, 0.29) is 5.92 Å². The lowest BCUT2D eigenvalue weighted by molar-refractivity contribution is 0.956. The highest BCUT2D eigenvalue weighted by molar-refractivity contribution is 5.96. The molecule has 212 valence electrons. The monoisotopic (exact) mass is 565 g/mol. The topological polar surface area (TPSA) is 12.9 Å². The Morgan fingerprint density at radius 1 is 0.591 bits per heavy atom. The van der Waals surface area contributed by atoms with E-state index in [9.17, 15) is 0 Å². The molecular weight excluding hydrogens is 530 g/mol. The molecule has 5 aromatic carbocycles. The highest BCUT2D eigenvalue weighted by atomic mass is 14.7. The quantitative estimate of drug-likeness (QED) is 0.207. The van der Waals surface area contributed by atoms with Gasteiger partial charge in [0.15, 0.2) is 0 Å². The van der Waals surface area contributed by atoms with Gasteiger partial charge in [-0.1, -0.05) is 146 Å². The van der Waals surface area contributed by atoms with Crippen LogP contribution < -0.4 is 10.4 Å². The van der Waals surface area contributed by atoms with Crippen LogP contribution >= 0.6 is 0 Å². The zero-order valence-corrected chi connectivity index (χ0v) is 25.2. The average molecular weight is 566 g/mol. The van der Waals surface area contributed by atoms with Crippen LogP contribution in [0.15, 0.2) is 158 Å². The minimum Gasteiger partial charge on any atom is -0.256 e. The average Bonchev–Trinajstić information content (AvgIpc) is 3.08. The summed E-state index contributed by atoms with van der Waals surface area (Å²) in [5, 5.41) is 5.22. The first-order valence-electron chi connectivity index (χ1n) is 15.4. The Bertz CT molecular complexity index is 2150. The van der Waals surface area contributed by atoms with Gasteiger partial charge in [0, 0.05) is 17.7 Å². The standard InChI is InChI=1S/C43H35N/c1-30-21-26-41(38-18-10-9-16-36(30)38)43-31(2)13-5-3-8-17-37(39-19-11-12-20-40(39)43)33-24-22-32(23-25-33)35-27-28-44-42(29-35)34-14-6-4-7-15-34/h3-16,18-29,31H,17H2,1-2H3/b8-3-,13-5-,39-37+,43-40+. The van der Waals surface area contributed by atoms with E-state index in [1.54, 1.807) is 0 Å². The van der Waals surface area contributed by atoms with Gasteiger partial charge in [0.05, 0.1) is 5.69 Å². The van der Waals surface area contributed by atoms with Gasteiger partial charge in [-0.3, -0.25) is 4.98 Å². The Morgan fingerprint density at radius 2 is 1.30 bits per heavy atom. The Morgan fingerprint density at radius 3 is 2.11 bits per heavy atom. The lowest BCUT2D eigenvalue weighted by Crippen LogP contribution is -2.31. The number of hydrogen-bond donors (Lipinski definition) is 0. The Labute approximate surface area is 259 Å². The summed E-state index contributed by atoms with van der Waals surface area (Å²) < 4.78 is 0. The lowest BCUT2D eigenvalue weighted by atomic mass is 9.85. The zero-order valence-electron chi connectivity index (χ0n) is 25.2. The number of benzene rings is 5. The molecule has 0 saturated heterocycles. The summed E-state index contributed by atoms with van der Waals surface area (Å²) in [5.74, 6) is 0.235. The number of allylic oxidation sites excluding steroid dienone is 4. The number of aryl methyl sites for hydroxylation is 1. The van der Waals surface area contributed by atoms with Gasteiger partial charge in [-0.05, 0) is 85.7 Å². The van der Waals surface area contributed by atoms with Crippen LogP contribution in [0.4, 0.5) is 0 Å². The van der Waals surface area contributed by atoms with Gasteiger partial charge in [0.1, 0.15) is 0 Å². The van der Waals surface area contributed by atoms with Gasteiger partial charge in [-0.15, -0.1) is 0 Å². The first-order chi connectivity index (χ1) is 21.7. The van der Waals surface area contributed by atoms with E-state index in [4.69, 9.17) is 0 Å². The Kier molecular flexibility index (Phi) is 7.61. The Hall–Kier alpha value is -5.27. The summed E-state index contributed by atoms with van der Waals surface area (Å²) >= 11 is 0. The molecule has 6 aromatic rings. The van der Waals surface area contributed by atoms with Crippen molar-refractivity contribution in [1.82, 2.24) is 4.98 Å². The van der Waals surface area contributed by atoms with Crippen LogP contribution in [0.1, 0.15) is 30.0 Å². The van der Waals surface area contributed by atoms with E-state index < -0.39 is 0 Å². The summed E-state index contributed by atoms with van der Waals surface area (Å²) in [6, 6.07) is 46.1. The number of fused-ring (bicyclic) bond motifs is 2. The predicted molar refractivity (Wildman–Crippen MR) is 187 cm³/mol. The fourth-order valence-electron chi connectivity index (χ4n) is 6.52. The van der Waals surface area contributed by atoms with E-state index >= 15 is 0 Å². The highest BCUT2D eigenvalue weighted by Crippen LogP contribution is 2.31. The Balaban J connectivity index is 1.42. The molecule has 0 radical (unpaired) electrons. The molecule has 0 bridgehead atoms. The third kappa shape index (κ3) is 5.34. The van der Waals surface area contributed by atoms with Crippen molar-refractivity contribution in [2.24, 2.45) is 5.92 Å². The summed E-state index contributed by atoms with van der Waals surface area (Å²) in [6.45, 7) is 4.52. The maximum atomic E-state index is 4.63. The molecule has 44 heavy (non-hydrogen) atoms. The molecule has 0 spiro atoms. The van der Waals surface area contributed by atoms with Crippen molar-refractivity contribution in [1.29, 1.82) is 0 Å². The number of hydrogen-bond acceptors (Lipinski definition) is 1. The molecule has 1 nitrogen and oxygen atoms in total. The number of pyridine rings is 1. The fraction of sp³-hybridized carbons (Fsp3) is 0.0930. The van der Waals surface area contributed by atoms with Gasteiger partial charge >= 0.3 is 0 Å². The second kappa shape index (κ2) is 12.1. The van der Waals surface area contributed by atoms with Gasteiger partial charge in [-0.25, -0.2) is 0 Å². The molecule has 1 aromatic heterocycles. The van der Waals surface area contributed by atoms with Crippen LogP contribution in [-0.2, 0) is 0 Å². The smallest absolute Gasteiger partial charge is 0.0708 e. The second-order valence-corrected chi connectivity index (χ2v) is 11.6. The van der Waals surface area contributed by atoms with Crippen molar-refractivity contribution in [2.75, 3.05) is 0 Å². The molecule has 1 heterocycles. The van der Waals surface area contributed by atoms with Crippen LogP contribution in [0.5, 0.6) is 0 Å². The second-order valence-electron chi connectivity index (χ2n) is 11.6. The highest BCUT2D eigenvalue weighted by Gasteiger charge is 2.16. The van der Waals surface area contributed by atoms with Crippen molar-refractivity contribution >= 4 is 21.9 Å². The first-order valence-corrected chi connectivity index (χ1v) is 15.4. The summed E-state index contributed by atoms with van der Waals surface area (Å²) in [6.07, 6.45) is 11.8. The molecule has 0 amide bonds. The minimum atomic E-state index is 0.235. The molecule has 0 fully saturated rings. The molecule has 7 rings (SSSR count). The SMILES string of the molecule is Cc1ccc(/C2=c3\cccc\c3=C(/c3ccc(-c4ccnc(-c5ccccc5)c4)cc3)C/C=C\C=C/C2C)c2ccccc12. The molecule has 0 saturated carbocycles. The fourth-order valence-corrected chi connectivity index (χ4v) is 6.52. The van der Waals surface area contributed by atoms with Crippen molar-refractivity contribution in [3.8, 4) is 22.4 Å². The van der Waals surface area contributed by atoms with E-state index in [2.05, 4.69) is 164 Å². The molecule has 1 atom stereocenters. The van der Waals surface area contributed by atoms with E-state index in [1.165, 1.54) is 60.2 Å².